The number of rotatable bonds is 8. The standard InChI is InChI=1S/C11H18NO8P/c1-7(13)12(8(2)14)6-21(19,20)5-9(11(17)18)3-4-10(15)16/h9H,3-6H2,1-2H3,(H,15,16)(H,17,18)(H,19,20). The molecule has 0 fully saturated rings. The van der Waals surface area contributed by atoms with Crippen molar-refractivity contribution in [2.75, 3.05) is 12.4 Å². The topological polar surface area (TPSA) is 149 Å². The maximum absolute atomic E-state index is 12.0. The molecule has 0 aromatic heterocycles. The van der Waals surface area contributed by atoms with Crippen molar-refractivity contribution in [1.29, 1.82) is 0 Å². The van der Waals surface area contributed by atoms with Gasteiger partial charge in [-0.3, -0.25) is 28.6 Å². The summed E-state index contributed by atoms with van der Waals surface area (Å²) < 4.78 is 12.0. The number of carbonyl (C=O) groups excluding carboxylic acids is 2. The molecule has 0 bridgehead atoms. The number of carboxylic acid groups (broad SMARTS) is 2. The maximum Gasteiger partial charge on any atom is 0.307 e. The second-order valence-corrected chi connectivity index (χ2v) is 6.94. The van der Waals surface area contributed by atoms with Crippen LogP contribution in [-0.2, 0) is 23.7 Å². The lowest BCUT2D eigenvalue weighted by molar-refractivity contribution is -0.143. The van der Waals surface area contributed by atoms with E-state index < -0.39 is 55.9 Å². The molecule has 10 heteroatoms. The number of aliphatic carboxylic acids is 2. The molecule has 9 nitrogen and oxygen atoms in total. The van der Waals surface area contributed by atoms with E-state index in [1.54, 1.807) is 0 Å². The van der Waals surface area contributed by atoms with Crippen LogP contribution in [-0.4, -0.2) is 56.2 Å². The lowest BCUT2D eigenvalue weighted by Gasteiger charge is -2.22. The first-order chi connectivity index (χ1) is 9.46. The van der Waals surface area contributed by atoms with Gasteiger partial charge in [0, 0.05) is 26.4 Å². The van der Waals surface area contributed by atoms with Gasteiger partial charge in [-0.25, -0.2) is 0 Å². The van der Waals surface area contributed by atoms with Crippen molar-refractivity contribution >= 4 is 31.1 Å². The number of nitrogens with zero attached hydrogens (tertiary/aromatic N) is 1. The van der Waals surface area contributed by atoms with Crippen LogP contribution in [0.2, 0.25) is 0 Å². The molecule has 0 saturated heterocycles. The Balaban J connectivity index is 4.92. The van der Waals surface area contributed by atoms with Crippen LogP contribution in [0, 0.1) is 5.92 Å². The van der Waals surface area contributed by atoms with Crippen LogP contribution in [0.3, 0.4) is 0 Å². The van der Waals surface area contributed by atoms with E-state index in [1.807, 2.05) is 0 Å². The average Bonchev–Trinajstić information content (AvgIpc) is 2.30. The van der Waals surface area contributed by atoms with Gasteiger partial charge in [0.2, 0.25) is 19.2 Å². The van der Waals surface area contributed by atoms with Crippen molar-refractivity contribution in [2.24, 2.45) is 5.92 Å². The summed E-state index contributed by atoms with van der Waals surface area (Å²) in [5.41, 5.74) is 0. The third kappa shape index (κ3) is 7.57. The molecule has 0 aliphatic heterocycles. The van der Waals surface area contributed by atoms with Crippen molar-refractivity contribution in [3.05, 3.63) is 0 Å². The quantitative estimate of drug-likeness (QED) is 0.535. The number of hydrogen-bond acceptors (Lipinski definition) is 5. The summed E-state index contributed by atoms with van der Waals surface area (Å²) in [5.74, 6) is -5.41. The van der Waals surface area contributed by atoms with Gasteiger partial charge in [0.25, 0.3) is 0 Å². The Morgan fingerprint density at radius 3 is 1.90 bits per heavy atom. The van der Waals surface area contributed by atoms with Gasteiger partial charge in [0.05, 0.1) is 5.92 Å². The average molecular weight is 323 g/mol. The fourth-order valence-corrected chi connectivity index (χ4v) is 3.62. The molecule has 2 unspecified atom stereocenters. The van der Waals surface area contributed by atoms with Gasteiger partial charge in [0.15, 0.2) is 0 Å². The molecule has 0 spiro atoms. The second kappa shape index (κ2) is 7.90. The highest BCUT2D eigenvalue weighted by atomic mass is 31.2. The highest BCUT2D eigenvalue weighted by molar-refractivity contribution is 7.58. The number of imide groups is 1. The smallest absolute Gasteiger partial charge is 0.307 e. The second-order valence-electron chi connectivity index (χ2n) is 4.60. The molecule has 0 saturated carbocycles. The molecule has 2 amide bonds. The van der Waals surface area contributed by atoms with E-state index in [9.17, 15) is 28.6 Å². The molecule has 0 aliphatic rings. The number of amides is 2. The molecule has 0 radical (unpaired) electrons. The summed E-state index contributed by atoms with van der Waals surface area (Å²) in [6, 6.07) is 0. The molecular formula is C11H18NO8P. The zero-order valence-electron chi connectivity index (χ0n) is 11.7. The van der Waals surface area contributed by atoms with E-state index >= 15 is 0 Å². The summed E-state index contributed by atoms with van der Waals surface area (Å²) >= 11 is 0. The van der Waals surface area contributed by atoms with Gasteiger partial charge in [-0.1, -0.05) is 0 Å². The van der Waals surface area contributed by atoms with E-state index in [1.165, 1.54) is 0 Å². The number of carbonyl (C=O) groups is 4. The molecule has 0 aromatic carbocycles. The van der Waals surface area contributed by atoms with Crippen molar-refractivity contribution in [3.63, 3.8) is 0 Å². The van der Waals surface area contributed by atoms with E-state index in [2.05, 4.69) is 0 Å². The van der Waals surface area contributed by atoms with Crippen LogP contribution in [0.25, 0.3) is 0 Å². The number of hydrogen-bond donors (Lipinski definition) is 3. The minimum atomic E-state index is -4.12. The maximum atomic E-state index is 12.0. The lowest BCUT2D eigenvalue weighted by atomic mass is 10.1. The molecule has 2 atom stereocenters. The summed E-state index contributed by atoms with van der Waals surface area (Å²) in [6.07, 6.45) is -2.25. The fraction of sp³-hybridized carbons (Fsp3) is 0.636. The van der Waals surface area contributed by atoms with Crippen molar-refractivity contribution < 1.29 is 38.8 Å². The molecule has 21 heavy (non-hydrogen) atoms. The molecule has 3 N–H and O–H groups in total. The van der Waals surface area contributed by atoms with Crippen molar-refractivity contribution in [2.45, 2.75) is 26.7 Å². The van der Waals surface area contributed by atoms with Crippen LogP contribution in [0.15, 0.2) is 0 Å². The van der Waals surface area contributed by atoms with Gasteiger partial charge in [0.1, 0.15) is 6.29 Å². The predicted octanol–water partition coefficient (Wildman–Crippen LogP) is 0.175. The highest BCUT2D eigenvalue weighted by Crippen LogP contribution is 2.44. The predicted molar refractivity (Wildman–Crippen MR) is 70.8 cm³/mol. The molecule has 0 aliphatic carbocycles. The molecule has 0 aromatic rings. The largest absolute Gasteiger partial charge is 0.481 e. The summed E-state index contributed by atoms with van der Waals surface area (Å²) in [5, 5.41) is 17.4. The Hall–Kier alpha value is -1.73. The van der Waals surface area contributed by atoms with Crippen LogP contribution in [0.4, 0.5) is 0 Å². The zero-order valence-corrected chi connectivity index (χ0v) is 12.6. The van der Waals surface area contributed by atoms with Crippen molar-refractivity contribution in [3.8, 4) is 0 Å². The summed E-state index contributed by atoms with van der Waals surface area (Å²) in [7, 11) is -4.12. The molecule has 0 heterocycles. The Bertz CT molecular complexity index is 475. The minimum Gasteiger partial charge on any atom is -0.481 e. The first kappa shape index (κ1) is 19.3. The first-order valence-electron chi connectivity index (χ1n) is 6.00. The Labute approximate surface area is 121 Å². The van der Waals surface area contributed by atoms with Gasteiger partial charge in [-0.2, -0.15) is 0 Å². The summed E-state index contributed by atoms with van der Waals surface area (Å²) in [6.45, 7) is 2.08. The molecule has 0 rings (SSSR count). The Morgan fingerprint density at radius 2 is 1.57 bits per heavy atom. The van der Waals surface area contributed by atoms with Crippen LogP contribution in [0.1, 0.15) is 26.7 Å². The third-order valence-corrected chi connectivity index (χ3v) is 4.42. The lowest BCUT2D eigenvalue weighted by Crippen LogP contribution is -2.35. The van der Waals surface area contributed by atoms with Crippen molar-refractivity contribution in [1.82, 2.24) is 4.90 Å². The summed E-state index contributed by atoms with van der Waals surface area (Å²) in [4.78, 5) is 54.1. The van der Waals surface area contributed by atoms with E-state index in [0.717, 1.165) is 13.8 Å². The Morgan fingerprint density at radius 1 is 1.10 bits per heavy atom. The van der Waals surface area contributed by atoms with Crippen LogP contribution in [0.5, 0.6) is 0 Å². The van der Waals surface area contributed by atoms with E-state index in [4.69, 9.17) is 10.2 Å². The Kier molecular flexibility index (Phi) is 7.25. The minimum absolute atomic E-state index is 0.310. The zero-order chi connectivity index (χ0) is 16.8. The highest BCUT2D eigenvalue weighted by Gasteiger charge is 2.32. The van der Waals surface area contributed by atoms with Crippen LogP contribution >= 0.6 is 7.37 Å². The first-order valence-corrected chi connectivity index (χ1v) is 8.03. The third-order valence-electron chi connectivity index (χ3n) is 2.68. The van der Waals surface area contributed by atoms with E-state index in [-0.39, 0.29) is 6.42 Å². The van der Waals surface area contributed by atoms with Gasteiger partial charge >= 0.3 is 11.9 Å². The normalized spacial score (nSPS) is 14.8. The fourth-order valence-electron chi connectivity index (χ4n) is 1.63. The van der Waals surface area contributed by atoms with E-state index in [0.29, 0.717) is 4.90 Å². The van der Waals surface area contributed by atoms with Gasteiger partial charge in [-0.15, -0.1) is 0 Å². The number of carboxylic acids is 2. The van der Waals surface area contributed by atoms with Gasteiger partial charge in [-0.05, 0) is 6.42 Å². The SMILES string of the molecule is CC(=O)N(CP(=O)(O)CC(CCC(=O)O)C(=O)O)C(C)=O. The molecule has 120 valence electrons. The monoisotopic (exact) mass is 323 g/mol. The molecular weight excluding hydrogens is 305 g/mol. The van der Waals surface area contributed by atoms with Crippen LogP contribution < -0.4 is 0 Å². The van der Waals surface area contributed by atoms with Gasteiger partial charge < -0.3 is 15.1 Å².